The summed E-state index contributed by atoms with van der Waals surface area (Å²) in [4.78, 5) is 14.2. The van der Waals surface area contributed by atoms with Crippen LogP contribution in [0.4, 0.5) is 0 Å². The summed E-state index contributed by atoms with van der Waals surface area (Å²) in [5.41, 5.74) is 0.621. The summed E-state index contributed by atoms with van der Waals surface area (Å²) in [7, 11) is 1.90. The summed E-state index contributed by atoms with van der Waals surface area (Å²) >= 11 is 3.23. The number of nitrogens with one attached hydrogen (secondary N) is 1. The second-order valence-electron chi connectivity index (χ2n) is 5.32. The van der Waals surface area contributed by atoms with E-state index in [1.54, 1.807) is 6.07 Å². The van der Waals surface area contributed by atoms with E-state index < -0.39 is 0 Å². The van der Waals surface area contributed by atoms with Gasteiger partial charge in [-0.2, -0.15) is 0 Å². The molecule has 1 aromatic heterocycles. The molecule has 1 amide bonds. The Morgan fingerprint density at radius 2 is 2.11 bits per heavy atom. The van der Waals surface area contributed by atoms with Crippen molar-refractivity contribution in [1.82, 2.24) is 10.2 Å². The van der Waals surface area contributed by atoms with Crippen LogP contribution in [-0.4, -0.2) is 36.0 Å². The Balaban J connectivity index is 1.70. The van der Waals surface area contributed by atoms with Gasteiger partial charge in [0.1, 0.15) is 6.26 Å². The molecule has 3 rings (SSSR count). The van der Waals surface area contributed by atoms with Crippen LogP contribution in [0, 0.1) is 0 Å². The zero-order chi connectivity index (χ0) is 12.7. The molecule has 18 heavy (non-hydrogen) atoms. The summed E-state index contributed by atoms with van der Waals surface area (Å²) in [6.45, 7) is 0. The number of carbonyl (C=O) groups excluding carboxylic acids is 1. The van der Waals surface area contributed by atoms with Crippen molar-refractivity contribution in [2.24, 2.45) is 0 Å². The molecule has 0 aliphatic carbocycles. The minimum absolute atomic E-state index is 0.0516. The number of fused-ring (bicyclic) bond motifs is 2. The number of amides is 1. The Morgan fingerprint density at radius 1 is 1.44 bits per heavy atom. The molecule has 2 aliphatic heterocycles. The van der Waals surface area contributed by atoms with E-state index in [0.29, 0.717) is 28.4 Å². The van der Waals surface area contributed by atoms with Gasteiger partial charge in [-0.1, -0.05) is 0 Å². The van der Waals surface area contributed by atoms with Crippen molar-refractivity contribution in [3.05, 3.63) is 22.6 Å². The van der Waals surface area contributed by atoms with Crippen molar-refractivity contribution in [2.75, 3.05) is 7.05 Å². The first kappa shape index (κ1) is 12.2. The highest BCUT2D eigenvalue weighted by Gasteiger charge is 2.36. The standard InChI is InChI=1S/C13H17BrN2O2/c1-16(13(17)8-4-12(14)18-7-8)11-5-9-2-3-10(6-11)15-9/h4,7,9-11,15H,2-3,5-6H2,1H3. The van der Waals surface area contributed by atoms with Gasteiger partial charge in [0.05, 0.1) is 5.56 Å². The highest BCUT2D eigenvalue weighted by molar-refractivity contribution is 9.10. The Kier molecular flexibility index (Phi) is 3.20. The average molecular weight is 313 g/mol. The summed E-state index contributed by atoms with van der Waals surface area (Å²) in [5.74, 6) is 0.0516. The summed E-state index contributed by atoms with van der Waals surface area (Å²) in [5, 5.41) is 3.59. The molecule has 0 spiro atoms. The molecule has 2 unspecified atom stereocenters. The highest BCUT2D eigenvalue weighted by Crippen LogP contribution is 2.30. The molecule has 2 saturated heterocycles. The van der Waals surface area contributed by atoms with Gasteiger partial charge in [0, 0.05) is 31.2 Å². The number of furan rings is 1. The highest BCUT2D eigenvalue weighted by atomic mass is 79.9. The first-order valence-corrected chi connectivity index (χ1v) is 7.20. The normalized spacial score (nSPS) is 30.4. The molecule has 1 aromatic rings. The van der Waals surface area contributed by atoms with Crippen LogP contribution in [0.3, 0.4) is 0 Å². The molecule has 4 nitrogen and oxygen atoms in total. The zero-order valence-electron chi connectivity index (χ0n) is 10.4. The van der Waals surface area contributed by atoms with Crippen molar-refractivity contribution < 1.29 is 9.21 Å². The van der Waals surface area contributed by atoms with Crippen molar-refractivity contribution in [3.8, 4) is 0 Å². The summed E-state index contributed by atoms with van der Waals surface area (Å²) in [6.07, 6.45) is 6.15. The van der Waals surface area contributed by atoms with Gasteiger partial charge in [-0.3, -0.25) is 4.79 Å². The molecule has 0 aromatic carbocycles. The van der Waals surface area contributed by atoms with E-state index in [0.717, 1.165) is 12.8 Å². The lowest BCUT2D eigenvalue weighted by atomic mass is 9.98. The first-order chi connectivity index (χ1) is 8.63. The Morgan fingerprint density at radius 3 is 2.67 bits per heavy atom. The number of halogens is 1. The van der Waals surface area contributed by atoms with E-state index >= 15 is 0 Å². The number of hydrogen-bond donors (Lipinski definition) is 1. The van der Waals surface area contributed by atoms with Crippen LogP contribution < -0.4 is 5.32 Å². The van der Waals surface area contributed by atoms with Crippen LogP contribution >= 0.6 is 15.9 Å². The molecule has 2 aliphatic rings. The third kappa shape index (κ3) is 2.21. The van der Waals surface area contributed by atoms with Crippen LogP contribution in [0.25, 0.3) is 0 Å². The third-order valence-electron chi connectivity index (χ3n) is 4.13. The molecular formula is C13H17BrN2O2. The summed E-state index contributed by atoms with van der Waals surface area (Å²) in [6, 6.07) is 3.28. The Bertz CT molecular complexity index is 448. The van der Waals surface area contributed by atoms with E-state index in [2.05, 4.69) is 21.2 Å². The van der Waals surface area contributed by atoms with E-state index in [4.69, 9.17) is 4.42 Å². The second-order valence-corrected chi connectivity index (χ2v) is 6.10. The lowest BCUT2D eigenvalue weighted by Crippen LogP contribution is -2.48. The SMILES string of the molecule is CN(C(=O)c1coc(Br)c1)C1CC2CCC(C1)N2. The van der Waals surface area contributed by atoms with Crippen molar-refractivity contribution in [3.63, 3.8) is 0 Å². The molecule has 3 heterocycles. The first-order valence-electron chi connectivity index (χ1n) is 6.40. The predicted octanol–water partition coefficient (Wildman–Crippen LogP) is 2.40. The molecule has 0 radical (unpaired) electrons. The number of nitrogens with zero attached hydrogens (tertiary/aromatic N) is 1. The van der Waals surface area contributed by atoms with Gasteiger partial charge in [0.2, 0.25) is 0 Å². The number of piperidine rings is 1. The van der Waals surface area contributed by atoms with Crippen molar-refractivity contribution in [2.45, 2.75) is 43.8 Å². The van der Waals surface area contributed by atoms with Crippen molar-refractivity contribution >= 4 is 21.8 Å². The maximum atomic E-state index is 12.3. The maximum Gasteiger partial charge on any atom is 0.257 e. The fraction of sp³-hybridized carbons (Fsp3) is 0.615. The predicted molar refractivity (Wildman–Crippen MR) is 71.5 cm³/mol. The monoisotopic (exact) mass is 312 g/mol. The molecule has 0 saturated carbocycles. The maximum absolute atomic E-state index is 12.3. The molecular weight excluding hydrogens is 296 g/mol. The fourth-order valence-electron chi connectivity index (χ4n) is 3.14. The van der Waals surface area contributed by atoms with Gasteiger partial charge >= 0.3 is 0 Å². The van der Waals surface area contributed by atoms with Crippen molar-refractivity contribution in [1.29, 1.82) is 0 Å². The Hall–Kier alpha value is -0.810. The third-order valence-corrected chi connectivity index (χ3v) is 4.55. The van der Waals surface area contributed by atoms with Gasteiger partial charge in [0.15, 0.2) is 4.67 Å². The summed E-state index contributed by atoms with van der Waals surface area (Å²) < 4.78 is 5.74. The minimum Gasteiger partial charge on any atom is -0.457 e. The quantitative estimate of drug-likeness (QED) is 0.912. The van der Waals surface area contributed by atoms with E-state index in [1.807, 2.05) is 11.9 Å². The fourth-order valence-corrected chi connectivity index (χ4v) is 3.48. The van der Waals surface area contributed by atoms with Crippen LogP contribution in [0.15, 0.2) is 21.4 Å². The molecule has 2 bridgehead atoms. The zero-order valence-corrected chi connectivity index (χ0v) is 11.9. The van der Waals surface area contributed by atoms with Gasteiger partial charge < -0.3 is 14.6 Å². The average Bonchev–Trinajstić information content (AvgIpc) is 2.94. The molecule has 2 atom stereocenters. The van der Waals surface area contributed by atoms with Gasteiger partial charge in [0.25, 0.3) is 5.91 Å². The lowest BCUT2D eigenvalue weighted by Gasteiger charge is -2.35. The number of hydrogen-bond acceptors (Lipinski definition) is 3. The number of carbonyl (C=O) groups is 1. The topological polar surface area (TPSA) is 45.5 Å². The van der Waals surface area contributed by atoms with Crippen LogP contribution in [-0.2, 0) is 0 Å². The van der Waals surface area contributed by atoms with Gasteiger partial charge in [-0.15, -0.1) is 0 Å². The smallest absolute Gasteiger partial charge is 0.257 e. The van der Waals surface area contributed by atoms with Gasteiger partial charge in [-0.25, -0.2) is 0 Å². The Labute approximate surface area is 115 Å². The lowest BCUT2D eigenvalue weighted by molar-refractivity contribution is 0.0681. The molecule has 98 valence electrons. The van der Waals surface area contributed by atoms with Gasteiger partial charge in [-0.05, 0) is 41.6 Å². The van der Waals surface area contributed by atoms with Crippen LogP contribution in [0.2, 0.25) is 0 Å². The molecule has 5 heteroatoms. The number of rotatable bonds is 2. The molecule has 1 N–H and O–H groups in total. The van der Waals surface area contributed by atoms with Crippen LogP contribution in [0.1, 0.15) is 36.0 Å². The second kappa shape index (κ2) is 4.70. The van der Waals surface area contributed by atoms with Crippen LogP contribution in [0.5, 0.6) is 0 Å². The van der Waals surface area contributed by atoms with E-state index in [-0.39, 0.29) is 5.91 Å². The largest absolute Gasteiger partial charge is 0.457 e. The molecule has 2 fully saturated rings. The van der Waals surface area contributed by atoms with E-state index in [9.17, 15) is 4.79 Å². The van der Waals surface area contributed by atoms with E-state index in [1.165, 1.54) is 19.1 Å². The minimum atomic E-state index is 0.0516.